The lowest BCUT2D eigenvalue weighted by atomic mass is 10.1. The molecule has 0 spiro atoms. The van der Waals surface area contributed by atoms with Crippen LogP contribution < -0.4 is 4.31 Å². The Hall–Kier alpha value is -3.42. The molecular formula is C30H35N3O3S. The molecule has 0 aliphatic carbocycles. The van der Waals surface area contributed by atoms with Gasteiger partial charge in [-0.1, -0.05) is 85.3 Å². The van der Waals surface area contributed by atoms with Crippen molar-refractivity contribution < 1.29 is 13.2 Å². The second-order valence-electron chi connectivity index (χ2n) is 9.30. The van der Waals surface area contributed by atoms with Crippen molar-refractivity contribution in [2.45, 2.75) is 25.2 Å². The molecule has 1 heterocycles. The third kappa shape index (κ3) is 6.67. The highest BCUT2D eigenvalue weighted by Crippen LogP contribution is 2.28. The standard InChI is InChI=1S/C30H35N3O3S/c1-3-27-13-7-8-14-29(27)33(37(35,36)28-17-15-25(2)16-18-28)24-30(34)32-22-20-31(21-23-32)19-9-12-26-10-5-4-6-11-26/h4-18H,3,19-24H2,1-2H3/b12-9+. The van der Waals surface area contributed by atoms with Gasteiger partial charge >= 0.3 is 0 Å². The molecule has 1 aliphatic heterocycles. The monoisotopic (exact) mass is 517 g/mol. The number of nitrogens with zero attached hydrogens (tertiary/aromatic N) is 3. The lowest BCUT2D eigenvalue weighted by Crippen LogP contribution is -2.51. The van der Waals surface area contributed by atoms with Crippen LogP contribution in [0, 0.1) is 6.92 Å². The minimum atomic E-state index is -3.92. The molecule has 0 radical (unpaired) electrons. The Bertz CT molecular complexity index is 1310. The molecule has 1 amide bonds. The van der Waals surface area contributed by atoms with Crippen LogP contribution in [0.15, 0.2) is 89.8 Å². The van der Waals surface area contributed by atoms with Crippen molar-refractivity contribution in [3.63, 3.8) is 0 Å². The number of carbonyl (C=O) groups is 1. The van der Waals surface area contributed by atoms with E-state index >= 15 is 0 Å². The zero-order valence-corrected chi connectivity index (χ0v) is 22.4. The number of aryl methyl sites for hydroxylation is 2. The predicted molar refractivity (Wildman–Crippen MR) is 150 cm³/mol. The van der Waals surface area contributed by atoms with Crippen LogP contribution in [0.5, 0.6) is 0 Å². The zero-order valence-electron chi connectivity index (χ0n) is 21.6. The fourth-order valence-corrected chi connectivity index (χ4v) is 5.95. The largest absolute Gasteiger partial charge is 0.339 e. The Balaban J connectivity index is 1.46. The summed E-state index contributed by atoms with van der Waals surface area (Å²) in [5.41, 5.74) is 3.59. The van der Waals surface area contributed by atoms with Gasteiger partial charge < -0.3 is 4.90 Å². The second-order valence-corrected chi connectivity index (χ2v) is 11.2. The number of carbonyl (C=O) groups excluding carboxylic acids is 1. The highest BCUT2D eigenvalue weighted by Gasteiger charge is 2.31. The number of amides is 1. The predicted octanol–water partition coefficient (Wildman–Crippen LogP) is 4.61. The Labute approximate surface area is 220 Å². The Morgan fingerprint density at radius 1 is 0.892 bits per heavy atom. The summed E-state index contributed by atoms with van der Waals surface area (Å²) in [7, 11) is -3.92. The molecule has 0 N–H and O–H groups in total. The average Bonchev–Trinajstić information content (AvgIpc) is 2.92. The second kappa shape index (κ2) is 12.2. The van der Waals surface area contributed by atoms with E-state index in [1.165, 1.54) is 9.87 Å². The minimum Gasteiger partial charge on any atom is -0.339 e. The van der Waals surface area contributed by atoms with E-state index in [2.05, 4.69) is 29.2 Å². The number of hydrogen-bond donors (Lipinski definition) is 0. The highest BCUT2D eigenvalue weighted by atomic mass is 32.2. The number of sulfonamides is 1. The van der Waals surface area contributed by atoms with Gasteiger partial charge in [0.25, 0.3) is 10.0 Å². The number of benzene rings is 3. The van der Waals surface area contributed by atoms with Gasteiger partial charge in [-0.05, 0) is 42.7 Å². The summed E-state index contributed by atoms with van der Waals surface area (Å²) in [4.78, 5) is 17.7. The summed E-state index contributed by atoms with van der Waals surface area (Å²) in [6.45, 7) is 7.15. The third-order valence-corrected chi connectivity index (χ3v) is 8.50. The van der Waals surface area contributed by atoms with Crippen molar-refractivity contribution in [1.82, 2.24) is 9.80 Å². The topological polar surface area (TPSA) is 60.9 Å². The van der Waals surface area contributed by atoms with Crippen LogP contribution in [0.1, 0.15) is 23.6 Å². The van der Waals surface area contributed by atoms with Gasteiger partial charge in [-0.15, -0.1) is 0 Å². The quantitative estimate of drug-likeness (QED) is 0.416. The number of para-hydroxylation sites is 1. The molecule has 3 aromatic rings. The van der Waals surface area contributed by atoms with Crippen molar-refractivity contribution >= 4 is 27.7 Å². The highest BCUT2D eigenvalue weighted by molar-refractivity contribution is 7.92. The minimum absolute atomic E-state index is 0.180. The Morgan fingerprint density at radius 3 is 2.22 bits per heavy atom. The molecule has 0 bridgehead atoms. The first-order chi connectivity index (χ1) is 17.9. The lowest BCUT2D eigenvalue weighted by molar-refractivity contribution is -0.131. The molecule has 1 fully saturated rings. The van der Waals surface area contributed by atoms with E-state index in [0.29, 0.717) is 25.2 Å². The van der Waals surface area contributed by atoms with Gasteiger partial charge in [-0.25, -0.2) is 8.42 Å². The maximum Gasteiger partial charge on any atom is 0.264 e. The first-order valence-corrected chi connectivity index (χ1v) is 14.2. The van der Waals surface area contributed by atoms with Crippen molar-refractivity contribution in [1.29, 1.82) is 0 Å². The lowest BCUT2D eigenvalue weighted by Gasteiger charge is -2.35. The summed E-state index contributed by atoms with van der Waals surface area (Å²) in [5, 5.41) is 0. The van der Waals surface area contributed by atoms with Gasteiger partial charge in [0.2, 0.25) is 5.91 Å². The summed E-state index contributed by atoms with van der Waals surface area (Å²) in [5.74, 6) is -0.180. The van der Waals surface area contributed by atoms with E-state index in [-0.39, 0.29) is 17.3 Å². The van der Waals surface area contributed by atoms with Gasteiger partial charge in [-0.2, -0.15) is 0 Å². The van der Waals surface area contributed by atoms with Gasteiger partial charge in [0, 0.05) is 32.7 Å². The van der Waals surface area contributed by atoms with E-state index in [1.807, 2.05) is 50.2 Å². The number of piperazine rings is 1. The molecule has 7 heteroatoms. The molecule has 0 atom stereocenters. The average molecular weight is 518 g/mol. The molecule has 37 heavy (non-hydrogen) atoms. The SMILES string of the molecule is CCc1ccccc1N(CC(=O)N1CCN(C/C=C/c2ccccc2)CC1)S(=O)(=O)c1ccc(C)cc1. The van der Waals surface area contributed by atoms with Crippen LogP contribution in [-0.2, 0) is 21.2 Å². The maximum absolute atomic E-state index is 13.8. The van der Waals surface area contributed by atoms with Gasteiger partial charge in [0.15, 0.2) is 0 Å². The van der Waals surface area contributed by atoms with Crippen LogP contribution in [-0.4, -0.2) is 63.4 Å². The van der Waals surface area contributed by atoms with Crippen LogP contribution in [0.2, 0.25) is 0 Å². The molecule has 1 saturated heterocycles. The Morgan fingerprint density at radius 2 is 1.54 bits per heavy atom. The number of hydrogen-bond acceptors (Lipinski definition) is 4. The third-order valence-electron chi connectivity index (χ3n) is 6.73. The van der Waals surface area contributed by atoms with E-state index in [9.17, 15) is 13.2 Å². The molecule has 0 unspecified atom stereocenters. The van der Waals surface area contributed by atoms with Crippen LogP contribution in [0.4, 0.5) is 5.69 Å². The molecule has 0 saturated carbocycles. The zero-order chi connectivity index (χ0) is 26.3. The first kappa shape index (κ1) is 26.6. The summed E-state index contributed by atoms with van der Waals surface area (Å²) in [6.07, 6.45) is 4.92. The van der Waals surface area contributed by atoms with Gasteiger partial charge in [0.1, 0.15) is 6.54 Å². The van der Waals surface area contributed by atoms with Crippen LogP contribution in [0.25, 0.3) is 6.08 Å². The van der Waals surface area contributed by atoms with Crippen molar-refractivity contribution in [3.8, 4) is 0 Å². The molecule has 3 aromatic carbocycles. The summed E-state index contributed by atoms with van der Waals surface area (Å²) < 4.78 is 28.8. The molecule has 6 nitrogen and oxygen atoms in total. The van der Waals surface area contributed by atoms with Crippen LogP contribution in [0.3, 0.4) is 0 Å². The van der Waals surface area contributed by atoms with E-state index in [1.54, 1.807) is 35.2 Å². The molecular weight excluding hydrogens is 482 g/mol. The van der Waals surface area contributed by atoms with Crippen molar-refractivity contribution in [2.24, 2.45) is 0 Å². The van der Waals surface area contributed by atoms with Crippen LogP contribution >= 0.6 is 0 Å². The van der Waals surface area contributed by atoms with Crippen molar-refractivity contribution in [3.05, 3.63) is 102 Å². The smallest absolute Gasteiger partial charge is 0.264 e. The first-order valence-electron chi connectivity index (χ1n) is 12.8. The maximum atomic E-state index is 13.8. The molecule has 1 aliphatic rings. The fraction of sp³-hybridized carbons (Fsp3) is 0.300. The summed E-state index contributed by atoms with van der Waals surface area (Å²) >= 11 is 0. The molecule has 194 valence electrons. The van der Waals surface area contributed by atoms with Gasteiger partial charge in [-0.3, -0.25) is 14.0 Å². The number of rotatable bonds is 9. The normalized spacial score (nSPS) is 14.7. The van der Waals surface area contributed by atoms with Gasteiger partial charge in [0.05, 0.1) is 10.6 Å². The van der Waals surface area contributed by atoms with E-state index < -0.39 is 10.0 Å². The van der Waals surface area contributed by atoms with E-state index in [4.69, 9.17) is 0 Å². The molecule has 0 aromatic heterocycles. The fourth-order valence-electron chi connectivity index (χ4n) is 4.49. The van der Waals surface area contributed by atoms with Crippen molar-refractivity contribution in [2.75, 3.05) is 43.6 Å². The molecule has 4 rings (SSSR count). The van der Waals surface area contributed by atoms with E-state index in [0.717, 1.165) is 30.8 Å². The number of anilines is 1. The Kier molecular flexibility index (Phi) is 8.79. The summed E-state index contributed by atoms with van der Waals surface area (Å²) in [6, 6.07) is 24.4.